The molecule has 70 valence electrons. The van der Waals surface area contributed by atoms with Crippen molar-refractivity contribution in [3.63, 3.8) is 0 Å². The molecule has 0 amide bonds. The molecule has 1 unspecified atom stereocenters. The van der Waals surface area contributed by atoms with E-state index in [-0.39, 0.29) is 11.3 Å². The van der Waals surface area contributed by atoms with Crippen LogP contribution in [0.15, 0.2) is 24.3 Å². The zero-order valence-electron chi connectivity index (χ0n) is 6.84. The minimum Gasteiger partial charge on any atom is -0.508 e. The number of phenolic OH excluding ortho intramolecular Hbond substituents is 1. The van der Waals surface area contributed by atoms with Crippen LogP contribution in [0.4, 0.5) is 0 Å². The summed E-state index contributed by atoms with van der Waals surface area (Å²) < 4.78 is 0. The van der Waals surface area contributed by atoms with Crippen LogP contribution in [0.25, 0.3) is 0 Å². The van der Waals surface area contributed by atoms with E-state index in [4.69, 9.17) is 15.3 Å². The Morgan fingerprint density at radius 1 is 1.31 bits per heavy atom. The van der Waals surface area contributed by atoms with Crippen molar-refractivity contribution in [3.8, 4) is 5.75 Å². The standard InChI is InChI=1S/C9H10O4/c10-5-8(12)9(13)6-1-3-7(11)4-2-6/h1-4,8,10-12H,5H2. The monoisotopic (exact) mass is 182 g/mol. The van der Waals surface area contributed by atoms with Gasteiger partial charge in [-0.3, -0.25) is 4.79 Å². The van der Waals surface area contributed by atoms with Gasteiger partial charge in [0.1, 0.15) is 11.9 Å². The van der Waals surface area contributed by atoms with Gasteiger partial charge in [0.2, 0.25) is 0 Å². The average molecular weight is 182 g/mol. The summed E-state index contributed by atoms with van der Waals surface area (Å²) in [7, 11) is 0. The summed E-state index contributed by atoms with van der Waals surface area (Å²) in [5.74, 6) is -0.502. The quantitative estimate of drug-likeness (QED) is 0.572. The molecule has 0 bridgehead atoms. The molecule has 1 atom stereocenters. The molecule has 0 aliphatic heterocycles. The number of benzene rings is 1. The zero-order chi connectivity index (χ0) is 9.84. The van der Waals surface area contributed by atoms with Crippen molar-refractivity contribution in [2.24, 2.45) is 0 Å². The second-order valence-electron chi connectivity index (χ2n) is 2.61. The van der Waals surface area contributed by atoms with Crippen molar-refractivity contribution >= 4 is 5.78 Å². The van der Waals surface area contributed by atoms with E-state index >= 15 is 0 Å². The molecule has 0 radical (unpaired) electrons. The van der Waals surface area contributed by atoms with Crippen LogP contribution in [0, 0.1) is 0 Å². The highest BCUT2D eigenvalue weighted by molar-refractivity contribution is 5.99. The number of hydrogen-bond donors (Lipinski definition) is 3. The Hall–Kier alpha value is -1.39. The van der Waals surface area contributed by atoms with Crippen molar-refractivity contribution in [1.29, 1.82) is 0 Å². The molecule has 4 nitrogen and oxygen atoms in total. The highest BCUT2D eigenvalue weighted by Gasteiger charge is 2.15. The van der Waals surface area contributed by atoms with Crippen LogP contribution in [0.1, 0.15) is 10.4 Å². The third-order valence-electron chi connectivity index (χ3n) is 1.63. The van der Waals surface area contributed by atoms with Gasteiger partial charge < -0.3 is 15.3 Å². The molecule has 0 saturated carbocycles. The maximum atomic E-state index is 11.2. The molecule has 4 heteroatoms. The van der Waals surface area contributed by atoms with Gasteiger partial charge >= 0.3 is 0 Å². The van der Waals surface area contributed by atoms with Crippen molar-refractivity contribution in [3.05, 3.63) is 29.8 Å². The van der Waals surface area contributed by atoms with Gasteiger partial charge in [-0.05, 0) is 24.3 Å². The summed E-state index contributed by atoms with van der Waals surface area (Å²) in [5.41, 5.74) is 0.263. The van der Waals surface area contributed by atoms with Gasteiger partial charge in [-0.2, -0.15) is 0 Å². The number of rotatable bonds is 3. The first-order valence-electron chi connectivity index (χ1n) is 3.77. The average Bonchev–Trinajstić information content (AvgIpc) is 2.17. The summed E-state index contributed by atoms with van der Waals surface area (Å²) in [6.07, 6.45) is -1.38. The molecule has 1 rings (SSSR count). The topological polar surface area (TPSA) is 77.8 Å². The molecule has 0 heterocycles. The maximum Gasteiger partial charge on any atom is 0.193 e. The molecule has 0 aromatic heterocycles. The third-order valence-corrected chi connectivity index (χ3v) is 1.63. The van der Waals surface area contributed by atoms with Crippen LogP contribution in [0.2, 0.25) is 0 Å². The molecule has 0 fully saturated rings. The number of aliphatic hydroxyl groups excluding tert-OH is 2. The Morgan fingerprint density at radius 3 is 2.31 bits per heavy atom. The lowest BCUT2D eigenvalue weighted by atomic mass is 10.1. The molecule has 0 aliphatic carbocycles. The second-order valence-corrected chi connectivity index (χ2v) is 2.61. The Bertz CT molecular complexity index is 291. The molecular weight excluding hydrogens is 172 g/mol. The highest BCUT2D eigenvalue weighted by Crippen LogP contribution is 2.11. The zero-order valence-corrected chi connectivity index (χ0v) is 6.84. The predicted molar refractivity (Wildman–Crippen MR) is 45.5 cm³/mol. The maximum absolute atomic E-state index is 11.2. The normalized spacial score (nSPS) is 12.5. The number of ketones is 1. The van der Waals surface area contributed by atoms with Crippen molar-refractivity contribution in [2.45, 2.75) is 6.10 Å². The van der Waals surface area contributed by atoms with E-state index in [2.05, 4.69) is 0 Å². The lowest BCUT2D eigenvalue weighted by Gasteiger charge is -2.05. The van der Waals surface area contributed by atoms with Gasteiger partial charge in [0.25, 0.3) is 0 Å². The van der Waals surface area contributed by atoms with E-state index < -0.39 is 18.5 Å². The summed E-state index contributed by atoms with van der Waals surface area (Å²) in [4.78, 5) is 11.2. The molecular formula is C9H10O4. The van der Waals surface area contributed by atoms with Crippen molar-refractivity contribution in [1.82, 2.24) is 0 Å². The number of aromatic hydroxyl groups is 1. The van der Waals surface area contributed by atoms with Gasteiger partial charge in [-0.15, -0.1) is 0 Å². The molecule has 13 heavy (non-hydrogen) atoms. The van der Waals surface area contributed by atoms with Crippen molar-refractivity contribution < 1.29 is 20.1 Å². The summed E-state index contributed by atoms with van der Waals surface area (Å²) in [6, 6.07) is 5.46. The number of Topliss-reactive ketones (excluding diaryl/α,β-unsaturated/α-hetero) is 1. The SMILES string of the molecule is O=C(c1ccc(O)cc1)C(O)CO. The van der Waals surface area contributed by atoms with Crippen LogP contribution in [0.5, 0.6) is 5.75 Å². The summed E-state index contributed by atoms with van der Waals surface area (Å²) in [6.45, 7) is -0.598. The molecule has 1 aromatic carbocycles. The number of carbonyl (C=O) groups is 1. The first-order valence-corrected chi connectivity index (χ1v) is 3.77. The Labute approximate surface area is 75.1 Å². The highest BCUT2D eigenvalue weighted by atomic mass is 16.3. The number of hydrogen-bond acceptors (Lipinski definition) is 4. The Morgan fingerprint density at radius 2 is 1.85 bits per heavy atom. The second kappa shape index (κ2) is 4.02. The van der Waals surface area contributed by atoms with Crippen molar-refractivity contribution in [2.75, 3.05) is 6.61 Å². The summed E-state index contributed by atoms with van der Waals surface area (Å²) in [5, 5.41) is 26.4. The van der Waals surface area contributed by atoms with Gasteiger partial charge in [0.05, 0.1) is 6.61 Å². The minimum absolute atomic E-state index is 0.0510. The molecule has 0 aliphatic rings. The number of carbonyl (C=O) groups excluding carboxylic acids is 1. The fourth-order valence-corrected chi connectivity index (χ4v) is 0.901. The van der Waals surface area contributed by atoms with E-state index in [0.717, 1.165) is 0 Å². The summed E-state index contributed by atoms with van der Waals surface area (Å²) >= 11 is 0. The predicted octanol–water partition coefficient (Wildman–Crippen LogP) is -0.0719. The Balaban J connectivity index is 2.83. The fourth-order valence-electron chi connectivity index (χ4n) is 0.901. The van der Waals surface area contributed by atoms with Crippen LogP contribution in [-0.2, 0) is 0 Å². The Kier molecular flexibility index (Phi) is 3.00. The van der Waals surface area contributed by atoms with E-state index in [1.807, 2.05) is 0 Å². The van der Waals surface area contributed by atoms with E-state index in [9.17, 15) is 4.79 Å². The van der Waals surface area contributed by atoms with E-state index in [1.165, 1.54) is 24.3 Å². The lowest BCUT2D eigenvalue weighted by Crippen LogP contribution is -2.24. The number of aliphatic hydroxyl groups is 2. The van der Waals surface area contributed by atoms with Crippen LogP contribution < -0.4 is 0 Å². The smallest absolute Gasteiger partial charge is 0.193 e. The molecule has 1 aromatic rings. The van der Waals surface area contributed by atoms with Gasteiger partial charge in [-0.25, -0.2) is 0 Å². The molecule has 0 saturated heterocycles. The molecule has 0 spiro atoms. The van der Waals surface area contributed by atoms with Gasteiger partial charge in [0, 0.05) is 5.56 Å². The van der Waals surface area contributed by atoms with E-state index in [0.29, 0.717) is 0 Å². The first-order chi connectivity index (χ1) is 6.15. The molecule has 3 N–H and O–H groups in total. The van der Waals surface area contributed by atoms with Crippen LogP contribution in [-0.4, -0.2) is 33.8 Å². The van der Waals surface area contributed by atoms with Gasteiger partial charge in [0.15, 0.2) is 5.78 Å². The fraction of sp³-hybridized carbons (Fsp3) is 0.222. The van der Waals surface area contributed by atoms with Crippen LogP contribution in [0.3, 0.4) is 0 Å². The van der Waals surface area contributed by atoms with Gasteiger partial charge in [-0.1, -0.05) is 0 Å². The van der Waals surface area contributed by atoms with Crippen LogP contribution >= 0.6 is 0 Å². The third kappa shape index (κ3) is 2.27. The van der Waals surface area contributed by atoms with E-state index in [1.54, 1.807) is 0 Å². The first kappa shape index (κ1) is 9.70. The largest absolute Gasteiger partial charge is 0.508 e. The minimum atomic E-state index is -1.38. The lowest BCUT2D eigenvalue weighted by molar-refractivity contribution is 0.0587. The number of phenols is 1.